The van der Waals surface area contributed by atoms with E-state index >= 15 is 0 Å². The highest BCUT2D eigenvalue weighted by Gasteiger charge is 2.59. The first kappa shape index (κ1) is 18.7. The van der Waals surface area contributed by atoms with Crippen LogP contribution in [-0.2, 0) is 16.0 Å². The smallest absolute Gasteiger partial charge is 0.325 e. The SMILES string of the molecule is C=C1NC(=O)NC(=O)C12Cc1cc(-c3cnccn3)ccc1N1C[C@H](C)OC(C)[C@H]12. The molecule has 4 heterocycles. The van der Waals surface area contributed by atoms with Crippen LogP contribution in [0.3, 0.4) is 0 Å². The molecule has 2 fully saturated rings. The third-order valence-electron chi connectivity index (χ3n) is 6.34. The maximum absolute atomic E-state index is 13.3. The van der Waals surface area contributed by atoms with Gasteiger partial charge in [-0.05, 0) is 38.0 Å². The van der Waals surface area contributed by atoms with Gasteiger partial charge in [0.25, 0.3) is 0 Å². The molecule has 0 saturated carbocycles. The van der Waals surface area contributed by atoms with Gasteiger partial charge in [0.2, 0.25) is 5.91 Å². The Morgan fingerprint density at radius 3 is 2.80 bits per heavy atom. The van der Waals surface area contributed by atoms with Gasteiger partial charge in [0.1, 0.15) is 5.41 Å². The molecule has 0 radical (unpaired) electrons. The van der Waals surface area contributed by atoms with E-state index in [1.54, 1.807) is 18.6 Å². The molecule has 8 nitrogen and oxygen atoms in total. The van der Waals surface area contributed by atoms with Gasteiger partial charge in [-0.25, -0.2) is 4.79 Å². The molecule has 3 aliphatic heterocycles. The minimum Gasteiger partial charge on any atom is -0.372 e. The number of nitrogens with one attached hydrogen (secondary N) is 2. The molecule has 4 atom stereocenters. The second kappa shape index (κ2) is 6.63. The monoisotopic (exact) mass is 405 g/mol. The summed E-state index contributed by atoms with van der Waals surface area (Å²) in [6.07, 6.45) is 5.20. The Balaban J connectivity index is 1.68. The summed E-state index contributed by atoms with van der Waals surface area (Å²) in [7, 11) is 0. The number of imide groups is 1. The molecule has 1 spiro atoms. The Labute approximate surface area is 174 Å². The van der Waals surface area contributed by atoms with Crippen molar-refractivity contribution in [2.24, 2.45) is 5.41 Å². The highest BCUT2D eigenvalue weighted by molar-refractivity contribution is 6.04. The van der Waals surface area contributed by atoms with Gasteiger partial charge in [-0.15, -0.1) is 0 Å². The molecule has 2 saturated heterocycles. The first-order chi connectivity index (χ1) is 14.4. The van der Waals surface area contributed by atoms with E-state index < -0.39 is 11.4 Å². The molecular formula is C22H23N5O3. The van der Waals surface area contributed by atoms with Crippen LogP contribution in [0, 0.1) is 5.41 Å². The molecule has 1 aromatic carbocycles. The molecule has 1 aromatic heterocycles. The van der Waals surface area contributed by atoms with E-state index in [0.717, 1.165) is 22.5 Å². The van der Waals surface area contributed by atoms with E-state index in [4.69, 9.17) is 4.74 Å². The van der Waals surface area contributed by atoms with Gasteiger partial charge in [-0.2, -0.15) is 0 Å². The minimum absolute atomic E-state index is 0.00780. The molecule has 154 valence electrons. The van der Waals surface area contributed by atoms with Gasteiger partial charge in [-0.3, -0.25) is 20.1 Å². The van der Waals surface area contributed by atoms with Crippen LogP contribution in [0.25, 0.3) is 11.3 Å². The van der Waals surface area contributed by atoms with Crippen LogP contribution >= 0.6 is 0 Å². The average Bonchev–Trinajstić information content (AvgIpc) is 2.71. The van der Waals surface area contributed by atoms with Crippen molar-refractivity contribution in [3.05, 3.63) is 54.6 Å². The van der Waals surface area contributed by atoms with Crippen LogP contribution in [0.2, 0.25) is 0 Å². The molecule has 8 heteroatoms. The summed E-state index contributed by atoms with van der Waals surface area (Å²) >= 11 is 0. The lowest BCUT2D eigenvalue weighted by molar-refractivity contribution is -0.136. The first-order valence-electron chi connectivity index (χ1n) is 10.0. The summed E-state index contributed by atoms with van der Waals surface area (Å²) in [4.78, 5) is 36.0. The quantitative estimate of drug-likeness (QED) is 0.754. The fourth-order valence-electron chi connectivity index (χ4n) is 5.19. The summed E-state index contributed by atoms with van der Waals surface area (Å²) in [5.74, 6) is -0.341. The average molecular weight is 405 g/mol. The van der Waals surface area contributed by atoms with Gasteiger partial charge >= 0.3 is 6.03 Å². The highest BCUT2D eigenvalue weighted by atomic mass is 16.5. The van der Waals surface area contributed by atoms with Crippen molar-refractivity contribution in [2.45, 2.75) is 38.5 Å². The molecule has 3 aliphatic rings. The molecule has 2 unspecified atom stereocenters. The van der Waals surface area contributed by atoms with Crippen LogP contribution in [0.15, 0.2) is 49.1 Å². The lowest BCUT2D eigenvalue weighted by Gasteiger charge is -2.57. The number of hydrogen-bond acceptors (Lipinski definition) is 6. The summed E-state index contributed by atoms with van der Waals surface area (Å²) in [6.45, 7) is 8.74. The van der Waals surface area contributed by atoms with Crippen LogP contribution in [-0.4, -0.2) is 46.7 Å². The van der Waals surface area contributed by atoms with Gasteiger partial charge in [0, 0.05) is 35.9 Å². The van der Waals surface area contributed by atoms with Gasteiger partial charge in [0.15, 0.2) is 0 Å². The number of ether oxygens (including phenoxy) is 1. The molecule has 2 aromatic rings. The molecule has 3 amide bonds. The topological polar surface area (TPSA) is 96.5 Å². The lowest BCUT2D eigenvalue weighted by Crippen LogP contribution is -2.72. The Morgan fingerprint density at radius 2 is 2.07 bits per heavy atom. The zero-order chi connectivity index (χ0) is 21.0. The van der Waals surface area contributed by atoms with Crippen molar-refractivity contribution < 1.29 is 14.3 Å². The summed E-state index contributed by atoms with van der Waals surface area (Å²) in [5.41, 5.74) is 3.14. The number of rotatable bonds is 1. The van der Waals surface area contributed by atoms with Crippen molar-refractivity contribution in [1.82, 2.24) is 20.6 Å². The van der Waals surface area contributed by atoms with E-state index in [-0.39, 0.29) is 24.2 Å². The van der Waals surface area contributed by atoms with Crippen molar-refractivity contribution in [2.75, 3.05) is 11.4 Å². The van der Waals surface area contributed by atoms with Crippen LogP contribution in [0.1, 0.15) is 19.4 Å². The van der Waals surface area contributed by atoms with Crippen molar-refractivity contribution >= 4 is 17.6 Å². The van der Waals surface area contributed by atoms with E-state index in [9.17, 15) is 9.59 Å². The standard InChI is InChI=1S/C22H23N5O3/c1-12-11-27-18-5-4-15(17-10-23-6-7-24-17)8-16(18)9-22(19(27)13(2)30-12)14(3)25-21(29)26-20(22)28/h4-8,10,12-13,19H,3,9,11H2,1-2H3,(H2,25,26,28,29)/t12-,13?,19-,22?/m0/s1. The van der Waals surface area contributed by atoms with Crippen molar-refractivity contribution in [3.8, 4) is 11.3 Å². The number of fused-ring (bicyclic) bond motifs is 4. The van der Waals surface area contributed by atoms with Crippen molar-refractivity contribution in [3.63, 3.8) is 0 Å². The first-order valence-corrected chi connectivity index (χ1v) is 10.0. The molecule has 0 aliphatic carbocycles. The Morgan fingerprint density at radius 1 is 1.23 bits per heavy atom. The van der Waals surface area contributed by atoms with Crippen LogP contribution in [0.4, 0.5) is 10.5 Å². The Bertz CT molecular complexity index is 1030. The van der Waals surface area contributed by atoms with Crippen molar-refractivity contribution in [1.29, 1.82) is 0 Å². The van der Waals surface area contributed by atoms with Gasteiger partial charge in [0.05, 0.1) is 30.1 Å². The number of aromatic nitrogens is 2. The highest BCUT2D eigenvalue weighted by Crippen LogP contribution is 2.49. The number of carbonyl (C=O) groups excluding carboxylic acids is 2. The fraction of sp³-hybridized carbons (Fsp3) is 0.364. The van der Waals surface area contributed by atoms with Crippen LogP contribution < -0.4 is 15.5 Å². The second-order valence-electron chi connectivity index (χ2n) is 8.22. The van der Waals surface area contributed by atoms with Crippen LogP contribution in [0.5, 0.6) is 0 Å². The number of carbonyl (C=O) groups is 2. The Hall–Kier alpha value is -3.26. The number of urea groups is 1. The lowest BCUT2D eigenvalue weighted by atomic mass is 9.65. The molecule has 0 bridgehead atoms. The third kappa shape index (κ3) is 2.64. The minimum atomic E-state index is -1.03. The second-order valence-corrected chi connectivity index (χ2v) is 8.22. The molecule has 5 rings (SSSR count). The maximum atomic E-state index is 13.3. The van der Waals surface area contributed by atoms with Gasteiger partial charge < -0.3 is 15.0 Å². The summed E-state index contributed by atoms with van der Waals surface area (Å²) in [6, 6.07) is 5.33. The Kier molecular flexibility index (Phi) is 4.14. The number of amides is 3. The van der Waals surface area contributed by atoms with E-state index in [1.165, 1.54) is 0 Å². The number of benzene rings is 1. The third-order valence-corrected chi connectivity index (χ3v) is 6.34. The van der Waals surface area contributed by atoms with E-state index in [0.29, 0.717) is 18.7 Å². The molecular weight excluding hydrogens is 382 g/mol. The number of anilines is 1. The predicted molar refractivity (Wildman–Crippen MR) is 111 cm³/mol. The maximum Gasteiger partial charge on any atom is 0.325 e. The number of morpholine rings is 1. The summed E-state index contributed by atoms with van der Waals surface area (Å²) in [5, 5.41) is 5.20. The zero-order valence-electron chi connectivity index (χ0n) is 16.9. The number of nitrogens with zero attached hydrogens (tertiary/aromatic N) is 3. The number of hydrogen-bond donors (Lipinski definition) is 2. The predicted octanol–water partition coefficient (Wildman–Crippen LogP) is 2.02. The fourth-order valence-corrected chi connectivity index (χ4v) is 5.19. The zero-order valence-corrected chi connectivity index (χ0v) is 16.9. The van der Waals surface area contributed by atoms with E-state index in [2.05, 4.69) is 44.2 Å². The van der Waals surface area contributed by atoms with E-state index in [1.807, 2.05) is 19.9 Å². The summed E-state index contributed by atoms with van der Waals surface area (Å²) < 4.78 is 6.12. The molecule has 30 heavy (non-hydrogen) atoms. The largest absolute Gasteiger partial charge is 0.372 e. The van der Waals surface area contributed by atoms with Gasteiger partial charge in [-0.1, -0.05) is 12.6 Å². The normalized spacial score (nSPS) is 30.4. The molecule has 2 N–H and O–H groups in total.